The number of hydrogen-bond acceptors (Lipinski definition) is 4. The molecule has 0 amide bonds. The van der Waals surface area contributed by atoms with E-state index in [9.17, 15) is 0 Å². The van der Waals surface area contributed by atoms with E-state index in [1.807, 2.05) is 0 Å². The first-order chi connectivity index (χ1) is 10.1. The molecule has 1 N–H and O–H groups in total. The smallest absolute Gasteiger partial charge is 0.135 e. The van der Waals surface area contributed by atoms with Gasteiger partial charge in [-0.1, -0.05) is 33.6 Å². The summed E-state index contributed by atoms with van der Waals surface area (Å²) in [6.45, 7) is 11.9. The molecule has 0 bridgehead atoms. The minimum absolute atomic E-state index is 0.361. The summed E-state index contributed by atoms with van der Waals surface area (Å²) in [7, 11) is 0. The van der Waals surface area contributed by atoms with Gasteiger partial charge in [-0.25, -0.2) is 9.97 Å². The maximum absolute atomic E-state index is 4.78. The molecule has 0 aliphatic carbocycles. The summed E-state index contributed by atoms with van der Waals surface area (Å²) in [6.07, 6.45) is 5.27. The molecule has 4 nitrogen and oxygen atoms in total. The van der Waals surface area contributed by atoms with Gasteiger partial charge in [0.25, 0.3) is 0 Å². The fourth-order valence-electron chi connectivity index (χ4n) is 3.00. The van der Waals surface area contributed by atoms with Crippen LogP contribution >= 0.6 is 0 Å². The molecule has 1 aromatic heterocycles. The van der Waals surface area contributed by atoms with Crippen molar-refractivity contribution in [2.45, 2.75) is 59.3 Å². The van der Waals surface area contributed by atoms with Crippen molar-refractivity contribution >= 4 is 11.6 Å². The van der Waals surface area contributed by atoms with Crippen molar-refractivity contribution < 1.29 is 0 Å². The van der Waals surface area contributed by atoms with Gasteiger partial charge >= 0.3 is 0 Å². The molecule has 1 aromatic rings. The van der Waals surface area contributed by atoms with Crippen LogP contribution in [0.5, 0.6) is 0 Å². The first-order valence-corrected chi connectivity index (χ1v) is 8.51. The van der Waals surface area contributed by atoms with E-state index in [-0.39, 0.29) is 0 Å². The average Bonchev–Trinajstić information content (AvgIpc) is 2.48. The Hall–Kier alpha value is -1.32. The van der Waals surface area contributed by atoms with Gasteiger partial charge in [0.2, 0.25) is 0 Å². The summed E-state index contributed by atoms with van der Waals surface area (Å²) >= 11 is 0. The Kier molecular flexibility index (Phi) is 5.83. The first kappa shape index (κ1) is 16.1. The van der Waals surface area contributed by atoms with E-state index in [4.69, 9.17) is 4.98 Å². The third-order valence-corrected chi connectivity index (χ3v) is 4.24. The third-order valence-electron chi connectivity index (χ3n) is 4.24. The van der Waals surface area contributed by atoms with Gasteiger partial charge in [0.15, 0.2) is 0 Å². The van der Waals surface area contributed by atoms with Crippen molar-refractivity contribution in [2.24, 2.45) is 5.92 Å². The molecule has 1 aliphatic rings. The van der Waals surface area contributed by atoms with Gasteiger partial charge in [-0.3, -0.25) is 0 Å². The van der Waals surface area contributed by atoms with E-state index in [0.717, 1.165) is 43.0 Å². The second-order valence-corrected chi connectivity index (χ2v) is 6.37. The van der Waals surface area contributed by atoms with Crippen LogP contribution in [0.25, 0.3) is 0 Å². The van der Waals surface area contributed by atoms with Gasteiger partial charge < -0.3 is 10.2 Å². The molecule has 1 aliphatic heterocycles. The molecule has 0 radical (unpaired) electrons. The minimum Gasteiger partial charge on any atom is -0.370 e. The highest BCUT2D eigenvalue weighted by Crippen LogP contribution is 2.27. The fraction of sp³-hybridized carbons (Fsp3) is 0.765. The molecule has 1 fully saturated rings. The summed E-state index contributed by atoms with van der Waals surface area (Å²) in [5.74, 6) is 4.27. The van der Waals surface area contributed by atoms with Crippen LogP contribution in [-0.2, 0) is 0 Å². The number of piperidine rings is 1. The van der Waals surface area contributed by atoms with Crippen molar-refractivity contribution in [3.05, 3.63) is 11.9 Å². The van der Waals surface area contributed by atoms with Crippen LogP contribution in [0.4, 0.5) is 11.6 Å². The maximum atomic E-state index is 4.78. The lowest BCUT2D eigenvalue weighted by Crippen LogP contribution is -2.34. The molecule has 0 saturated carbocycles. The molecule has 1 saturated heterocycles. The third kappa shape index (κ3) is 4.32. The summed E-state index contributed by atoms with van der Waals surface area (Å²) < 4.78 is 0. The van der Waals surface area contributed by atoms with Crippen LogP contribution in [0.2, 0.25) is 0 Å². The minimum atomic E-state index is 0.361. The zero-order valence-electron chi connectivity index (χ0n) is 14.0. The van der Waals surface area contributed by atoms with Crippen LogP contribution in [0.1, 0.15) is 65.1 Å². The summed E-state index contributed by atoms with van der Waals surface area (Å²) in [5.41, 5.74) is 0. The number of rotatable bonds is 6. The van der Waals surface area contributed by atoms with Crippen LogP contribution < -0.4 is 10.2 Å². The normalized spacial score (nSPS) is 16.5. The Morgan fingerprint density at radius 1 is 1.24 bits per heavy atom. The molecule has 21 heavy (non-hydrogen) atoms. The van der Waals surface area contributed by atoms with Gasteiger partial charge in [-0.2, -0.15) is 0 Å². The molecular formula is C17H30N4. The van der Waals surface area contributed by atoms with E-state index < -0.39 is 0 Å². The lowest BCUT2D eigenvalue weighted by atomic mass is 9.92. The van der Waals surface area contributed by atoms with E-state index in [0.29, 0.717) is 5.92 Å². The quantitative estimate of drug-likeness (QED) is 0.858. The number of nitrogens with one attached hydrogen (secondary N) is 1. The monoisotopic (exact) mass is 290 g/mol. The van der Waals surface area contributed by atoms with Crippen molar-refractivity contribution in [3.63, 3.8) is 0 Å². The SMILES string of the molecule is CCCC1CCN(c2cc(NCC)nc(C(C)C)n2)CC1. The molecule has 0 unspecified atom stereocenters. The van der Waals surface area contributed by atoms with Gasteiger partial charge in [-0.05, 0) is 25.7 Å². The largest absolute Gasteiger partial charge is 0.370 e. The zero-order valence-corrected chi connectivity index (χ0v) is 14.0. The number of nitrogens with zero attached hydrogens (tertiary/aromatic N) is 3. The molecule has 4 heteroatoms. The lowest BCUT2D eigenvalue weighted by Gasteiger charge is -2.33. The molecule has 2 heterocycles. The standard InChI is InChI=1S/C17H30N4/c1-5-7-14-8-10-21(11-9-14)16-12-15(18-6-2)19-17(20-16)13(3)4/h12-14H,5-11H2,1-4H3,(H,18,19,20). The van der Waals surface area contributed by atoms with Crippen molar-refractivity contribution in [1.82, 2.24) is 9.97 Å². The van der Waals surface area contributed by atoms with Crippen LogP contribution in [-0.4, -0.2) is 29.6 Å². The Labute approximate surface area is 129 Å². The zero-order chi connectivity index (χ0) is 15.2. The van der Waals surface area contributed by atoms with Crippen LogP contribution in [0, 0.1) is 5.92 Å². The van der Waals surface area contributed by atoms with Crippen LogP contribution in [0.3, 0.4) is 0 Å². The number of hydrogen-bond donors (Lipinski definition) is 1. The average molecular weight is 290 g/mol. The van der Waals surface area contributed by atoms with E-state index in [1.165, 1.54) is 25.7 Å². The number of aromatic nitrogens is 2. The van der Waals surface area contributed by atoms with Gasteiger partial charge in [0, 0.05) is 31.6 Å². The lowest BCUT2D eigenvalue weighted by molar-refractivity contribution is 0.377. The molecule has 2 rings (SSSR count). The summed E-state index contributed by atoms with van der Waals surface area (Å²) in [6, 6.07) is 2.11. The predicted molar refractivity (Wildman–Crippen MR) is 90.1 cm³/mol. The van der Waals surface area contributed by atoms with E-state index in [1.54, 1.807) is 0 Å². The Bertz CT molecular complexity index is 436. The predicted octanol–water partition coefficient (Wildman–Crippen LogP) is 4.05. The molecule has 118 valence electrons. The fourth-order valence-corrected chi connectivity index (χ4v) is 3.00. The van der Waals surface area contributed by atoms with Gasteiger partial charge in [0.05, 0.1) is 0 Å². The van der Waals surface area contributed by atoms with Gasteiger partial charge in [-0.15, -0.1) is 0 Å². The Morgan fingerprint density at radius 2 is 1.95 bits per heavy atom. The first-order valence-electron chi connectivity index (χ1n) is 8.51. The number of anilines is 2. The molecule has 0 aromatic carbocycles. The summed E-state index contributed by atoms with van der Waals surface area (Å²) in [5, 5.41) is 3.33. The van der Waals surface area contributed by atoms with Crippen molar-refractivity contribution in [3.8, 4) is 0 Å². The summed E-state index contributed by atoms with van der Waals surface area (Å²) in [4.78, 5) is 11.8. The second kappa shape index (κ2) is 7.62. The molecular weight excluding hydrogens is 260 g/mol. The highest BCUT2D eigenvalue weighted by atomic mass is 15.2. The van der Waals surface area contributed by atoms with Crippen molar-refractivity contribution in [1.29, 1.82) is 0 Å². The topological polar surface area (TPSA) is 41.0 Å². The highest BCUT2D eigenvalue weighted by molar-refractivity contribution is 5.50. The van der Waals surface area contributed by atoms with Gasteiger partial charge in [0.1, 0.15) is 17.5 Å². The molecule has 0 spiro atoms. The maximum Gasteiger partial charge on any atom is 0.135 e. The van der Waals surface area contributed by atoms with Crippen molar-refractivity contribution in [2.75, 3.05) is 29.9 Å². The van der Waals surface area contributed by atoms with Crippen LogP contribution in [0.15, 0.2) is 6.07 Å². The second-order valence-electron chi connectivity index (χ2n) is 6.37. The van der Waals surface area contributed by atoms with E-state index >= 15 is 0 Å². The Morgan fingerprint density at radius 3 is 2.52 bits per heavy atom. The van der Waals surface area contributed by atoms with E-state index in [2.05, 4.69) is 49.0 Å². The Balaban J connectivity index is 2.11. The molecule has 0 atom stereocenters. The highest BCUT2D eigenvalue weighted by Gasteiger charge is 2.20.